The molecule has 0 saturated carbocycles. The number of anilines is 1. The molecule has 7 nitrogen and oxygen atoms in total. The summed E-state index contributed by atoms with van der Waals surface area (Å²) in [6.45, 7) is 4.33. The fraction of sp³-hybridized carbons (Fsp3) is 0.227. The molecule has 1 unspecified atom stereocenters. The summed E-state index contributed by atoms with van der Waals surface area (Å²) in [5.41, 5.74) is 8.82. The van der Waals surface area contributed by atoms with E-state index in [4.69, 9.17) is 10.5 Å². The molecule has 1 aliphatic heterocycles. The first-order chi connectivity index (χ1) is 15.0. The second-order valence-electron chi connectivity index (χ2n) is 7.01. The Bertz CT molecular complexity index is 1140. The molecule has 160 valence electrons. The van der Waals surface area contributed by atoms with Crippen LogP contribution in [-0.4, -0.2) is 26.4 Å². The Labute approximate surface area is 193 Å². The van der Waals surface area contributed by atoms with Crippen molar-refractivity contribution in [2.75, 3.05) is 11.1 Å². The van der Waals surface area contributed by atoms with E-state index in [1.807, 2.05) is 62.4 Å². The van der Waals surface area contributed by atoms with Gasteiger partial charge in [0.25, 0.3) is 0 Å². The van der Waals surface area contributed by atoms with Gasteiger partial charge in [-0.25, -0.2) is 4.68 Å². The molecule has 2 aromatic carbocycles. The first kappa shape index (κ1) is 21.5. The van der Waals surface area contributed by atoms with E-state index in [1.54, 1.807) is 16.4 Å². The highest BCUT2D eigenvalue weighted by Crippen LogP contribution is 2.36. The van der Waals surface area contributed by atoms with Crippen LogP contribution < -0.4 is 15.8 Å². The maximum Gasteiger partial charge on any atom is 0.248 e. The van der Waals surface area contributed by atoms with Gasteiger partial charge < -0.3 is 15.8 Å². The molecule has 3 N–H and O–H groups in total. The standard InChI is InChI=1S/C22H22BrN5O2S/c1-3-31-22-26-21-25-13(2)18(20(24)29)19(28(21)27-22)15-7-9-17(10-8-15)30-12-14-5-4-6-16(23)11-14/h4-11,19H,3,12H2,1-2H3,(H2,24,29)(H,25,26,27). The first-order valence-electron chi connectivity index (χ1n) is 9.80. The van der Waals surface area contributed by atoms with Crippen LogP contribution in [0.5, 0.6) is 5.75 Å². The SMILES string of the molecule is CCSc1nc2n(n1)C(c1ccc(OCc3cccc(Br)c3)cc1)C(C(N)=O)=C(C)N2. The largest absolute Gasteiger partial charge is 0.489 e. The van der Waals surface area contributed by atoms with E-state index in [0.29, 0.717) is 29.0 Å². The quantitative estimate of drug-likeness (QED) is 0.464. The predicted octanol–water partition coefficient (Wildman–Crippen LogP) is 4.51. The van der Waals surface area contributed by atoms with Crippen LogP contribution >= 0.6 is 27.7 Å². The van der Waals surface area contributed by atoms with Crippen LogP contribution in [0.2, 0.25) is 0 Å². The molecule has 1 aliphatic rings. The Morgan fingerprint density at radius 2 is 2.06 bits per heavy atom. The fourth-order valence-corrected chi connectivity index (χ4v) is 4.49. The molecule has 0 radical (unpaired) electrons. The number of hydrogen-bond donors (Lipinski definition) is 2. The summed E-state index contributed by atoms with van der Waals surface area (Å²) >= 11 is 5.01. The molecule has 31 heavy (non-hydrogen) atoms. The number of halogens is 1. The van der Waals surface area contributed by atoms with Gasteiger partial charge in [-0.2, -0.15) is 4.98 Å². The zero-order chi connectivity index (χ0) is 22.0. The van der Waals surface area contributed by atoms with Crippen molar-refractivity contribution in [3.8, 4) is 5.75 Å². The van der Waals surface area contributed by atoms with Crippen LogP contribution in [0, 0.1) is 0 Å². The van der Waals surface area contributed by atoms with E-state index in [0.717, 1.165) is 27.1 Å². The predicted molar refractivity (Wildman–Crippen MR) is 125 cm³/mol. The van der Waals surface area contributed by atoms with Gasteiger partial charge in [0, 0.05) is 10.2 Å². The van der Waals surface area contributed by atoms with Crippen LogP contribution in [0.1, 0.15) is 31.0 Å². The van der Waals surface area contributed by atoms with E-state index in [-0.39, 0.29) is 0 Å². The Hall–Kier alpha value is -2.78. The number of rotatable bonds is 7. The van der Waals surface area contributed by atoms with Crippen molar-refractivity contribution in [2.24, 2.45) is 5.73 Å². The lowest BCUT2D eigenvalue weighted by atomic mass is 9.95. The van der Waals surface area contributed by atoms with Gasteiger partial charge >= 0.3 is 0 Å². The van der Waals surface area contributed by atoms with Crippen molar-refractivity contribution in [2.45, 2.75) is 31.7 Å². The van der Waals surface area contributed by atoms with Crippen LogP contribution in [0.15, 0.2) is 69.4 Å². The third-order valence-corrected chi connectivity index (χ3v) is 6.08. The van der Waals surface area contributed by atoms with Gasteiger partial charge in [-0.05, 0) is 48.1 Å². The van der Waals surface area contributed by atoms with E-state index in [9.17, 15) is 4.79 Å². The molecule has 0 spiro atoms. The summed E-state index contributed by atoms with van der Waals surface area (Å²) < 4.78 is 8.65. The number of carbonyl (C=O) groups excluding carboxylic acids is 1. The van der Waals surface area contributed by atoms with Gasteiger partial charge in [-0.15, -0.1) is 5.10 Å². The summed E-state index contributed by atoms with van der Waals surface area (Å²) in [5.74, 6) is 1.70. The van der Waals surface area contributed by atoms with Gasteiger partial charge in [-0.1, -0.05) is 58.9 Å². The average molecular weight is 500 g/mol. The van der Waals surface area contributed by atoms with E-state index in [2.05, 4.69) is 31.3 Å². The highest BCUT2D eigenvalue weighted by Gasteiger charge is 2.33. The third kappa shape index (κ3) is 4.62. The van der Waals surface area contributed by atoms with Crippen molar-refractivity contribution in [3.63, 3.8) is 0 Å². The molecule has 1 atom stereocenters. The Morgan fingerprint density at radius 1 is 1.29 bits per heavy atom. The number of fused-ring (bicyclic) bond motifs is 1. The minimum absolute atomic E-state index is 0.452. The summed E-state index contributed by atoms with van der Waals surface area (Å²) in [6.07, 6.45) is 0. The highest BCUT2D eigenvalue weighted by atomic mass is 79.9. The van der Waals surface area contributed by atoms with Crippen LogP contribution in [0.3, 0.4) is 0 Å². The average Bonchev–Trinajstić information content (AvgIpc) is 3.13. The molecule has 1 aromatic heterocycles. The molecular formula is C22H22BrN5O2S. The fourth-order valence-electron chi connectivity index (χ4n) is 3.49. The van der Waals surface area contributed by atoms with Crippen molar-refractivity contribution in [1.82, 2.24) is 14.8 Å². The van der Waals surface area contributed by atoms with Crippen LogP contribution in [0.4, 0.5) is 5.95 Å². The summed E-state index contributed by atoms with van der Waals surface area (Å²) in [6, 6.07) is 15.2. The number of benzene rings is 2. The number of allylic oxidation sites excluding steroid dienone is 1. The Balaban J connectivity index is 1.61. The summed E-state index contributed by atoms with van der Waals surface area (Å²) in [7, 11) is 0. The molecule has 4 rings (SSSR count). The van der Waals surface area contributed by atoms with Crippen molar-refractivity contribution in [3.05, 3.63) is 75.4 Å². The number of amides is 1. The van der Waals surface area contributed by atoms with Gasteiger partial charge in [0.15, 0.2) is 0 Å². The van der Waals surface area contributed by atoms with E-state index < -0.39 is 11.9 Å². The molecule has 3 aromatic rings. The number of primary amides is 1. The van der Waals surface area contributed by atoms with Crippen molar-refractivity contribution < 1.29 is 9.53 Å². The molecular weight excluding hydrogens is 478 g/mol. The Morgan fingerprint density at radius 3 is 2.74 bits per heavy atom. The number of nitrogens with two attached hydrogens (primary N) is 1. The second-order valence-corrected chi connectivity index (χ2v) is 9.16. The minimum Gasteiger partial charge on any atom is -0.489 e. The number of aromatic nitrogens is 3. The lowest BCUT2D eigenvalue weighted by Gasteiger charge is -2.27. The van der Waals surface area contributed by atoms with Gasteiger partial charge in [0.1, 0.15) is 18.4 Å². The second kappa shape index (κ2) is 9.15. The molecule has 2 heterocycles. The smallest absolute Gasteiger partial charge is 0.248 e. The number of nitrogens with one attached hydrogen (secondary N) is 1. The minimum atomic E-state index is -0.490. The summed E-state index contributed by atoms with van der Waals surface area (Å²) in [4.78, 5) is 16.8. The van der Waals surface area contributed by atoms with Crippen molar-refractivity contribution in [1.29, 1.82) is 0 Å². The number of carbonyl (C=O) groups is 1. The number of thioether (sulfide) groups is 1. The van der Waals surface area contributed by atoms with E-state index >= 15 is 0 Å². The van der Waals surface area contributed by atoms with Crippen LogP contribution in [-0.2, 0) is 11.4 Å². The normalized spacial score (nSPS) is 15.4. The van der Waals surface area contributed by atoms with Gasteiger partial charge in [-0.3, -0.25) is 4.79 Å². The van der Waals surface area contributed by atoms with Crippen LogP contribution in [0.25, 0.3) is 0 Å². The number of nitrogens with zero attached hydrogens (tertiary/aromatic N) is 3. The first-order valence-corrected chi connectivity index (χ1v) is 11.6. The lowest BCUT2D eigenvalue weighted by Crippen LogP contribution is -2.31. The van der Waals surface area contributed by atoms with Crippen molar-refractivity contribution >= 4 is 39.5 Å². The van der Waals surface area contributed by atoms with Gasteiger partial charge in [0.05, 0.1) is 5.57 Å². The topological polar surface area (TPSA) is 95.1 Å². The maximum absolute atomic E-state index is 12.3. The lowest BCUT2D eigenvalue weighted by molar-refractivity contribution is -0.115. The summed E-state index contributed by atoms with van der Waals surface area (Å²) in [5, 5.41) is 8.41. The molecule has 0 saturated heterocycles. The zero-order valence-corrected chi connectivity index (χ0v) is 19.5. The highest BCUT2D eigenvalue weighted by molar-refractivity contribution is 9.10. The maximum atomic E-state index is 12.3. The zero-order valence-electron chi connectivity index (χ0n) is 17.1. The molecule has 0 fully saturated rings. The molecule has 1 amide bonds. The molecule has 0 aliphatic carbocycles. The monoisotopic (exact) mass is 499 g/mol. The molecule has 9 heteroatoms. The number of ether oxygens (including phenoxy) is 1. The molecule has 0 bridgehead atoms. The Kier molecular flexibility index (Phi) is 6.33. The van der Waals surface area contributed by atoms with E-state index in [1.165, 1.54) is 0 Å². The number of hydrogen-bond acceptors (Lipinski definition) is 6. The third-order valence-electron chi connectivity index (χ3n) is 4.86. The van der Waals surface area contributed by atoms with Gasteiger partial charge in [0.2, 0.25) is 17.0 Å².